The molecule has 0 unspecified atom stereocenters. The number of carbonyl (C=O) groups excluding carboxylic acids is 1. The summed E-state index contributed by atoms with van der Waals surface area (Å²) in [5, 5.41) is 12.0. The fraction of sp³-hybridized carbons (Fsp3) is 0.548. The van der Waals surface area contributed by atoms with Gasteiger partial charge in [-0.15, -0.1) is 0 Å². The first-order valence-corrected chi connectivity index (χ1v) is 14.5. The largest absolute Gasteiger partial charge is 0.493 e. The lowest BCUT2D eigenvalue weighted by Gasteiger charge is -2.29. The van der Waals surface area contributed by atoms with E-state index >= 15 is 0 Å². The van der Waals surface area contributed by atoms with Crippen LogP contribution in [0.1, 0.15) is 62.1 Å². The summed E-state index contributed by atoms with van der Waals surface area (Å²) in [6.45, 7) is 6.51. The fourth-order valence-corrected chi connectivity index (χ4v) is 6.14. The predicted octanol–water partition coefficient (Wildman–Crippen LogP) is 4.42. The minimum Gasteiger partial charge on any atom is -0.493 e. The maximum Gasteiger partial charge on any atom is 0.308 e. The highest BCUT2D eigenvalue weighted by atomic mass is 16.7. The van der Waals surface area contributed by atoms with Crippen molar-refractivity contribution in [2.24, 2.45) is 5.92 Å². The molecule has 0 saturated carbocycles. The lowest BCUT2D eigenvalue weighted by atomic mass is 9.83. The molecule has 3 aliphatic rings. The molecule has 9 heteroatoms. The minimum absolute atomic E-state index is 0.110. The highest BCUT2D eigenvalue weighted by molar-refractivity contribution is 5.78. The summed E-state index contributed by atoms with van der Waals surface area (Å²) in [5.74, 6) is 0.427. The molecular weight excluding hydrogens is 512 g/mol. The molecule has 3 atom stereocenters. The highest BCUT2D eigenvalue weighted by Crippen LogP contribution is 2.42. The molecule has 3 heterocycles. The van der Waals surface area contributed by atoms with E-state index in [-0.39, 0.29) is 31.2 Å². The van der Waals surface area contributed by atoms with Gasteiger partial charge >= 0.3 is 5.97 Å². The van der Waals surface area contributed by atoms with Gasteiger partial charge in [0.2, 0.25) is 6.79 Å². The highest BCUT2D eigenvalue weighted by Gasteiger charge is 2.47. The Bertz CT molecular complexity index is 1190. The number of aliphatic carboxylic acids is 1. The summed E-state index contributed by atoms with van der Waals surface area (Å²) in [4.78, 5) is 34.2. The summed E-state index contributed by atoms with van der Waals surface area (Å²) >= 11 is 0. The quantitative estimate of drug-likeness (QED) is 0.365. The van der Waals surface area contributed by atoms with Crippen molar-refractivity contribution >= 4 is 11.9 Å². The van der Waals surface area contributed by atoms with Crippen LogP contribution in [0.4, 0.5) is 0 Å². The average molecular weight is 553 g/mol. The van der Waals surface area contributed by atoms with Crippen LogP contribution < -0.4 is 14.2 Å². The molecule has 2 aromatic rings. The number of hydrogen-bond donors (Lipinski definition) is 1. The smallest absolute Gasteiger partial charge is 0.308 e. The van der Waals surface area contributed by atoms with Crippen molar-refractivity contribution in [3.05, 3.63) is 53.1 Å². The number of ether oxygens (including phenoxy) is 3. The second-order valence-corrected chi connectivity index (χ2v) is 10.8. The van der Waals surface area contributed by atoms with Gasteiger partial charge in [-0.1, -0.05) is 44.5 Å². The van der Waals surface area contributed by atoms with Gasteiger partial charge in [-0.3, -0.25) is 19.3 Å². The Hall–Kier alpha value is -3.30. The lowest BCUT2D eigenvalue weighted by molar-refractivity contribution is -0.188. The second-order valence-electron chi connectivity index (χ2n) is 10.8. The molecule has 5 rings (SSSR count). The number of benzene rings is 2. The van der Waals surface area contributed by atoms with Crippen molar-refractivity contribution in [3.63, 3.8) is 0 Å². The van der Waals surface area contributed by atoms with Crippen LogP contribution in [0, 0.1) is 5.92 Å². The first kappa shape index (κ1) is 28.2. The zero-order valence-electron chi connectivity index (χ0n) is 23.5. The molecule has 1 saturated heterocycles. The maximum absolute atomic E-state index is 13.5. The molecule has 0 bridgehead atoms. The fourth-order valence-electron chi connectivity index (χ4n) is 6.14. The summed E-state index contributed by atoms with van der Waals surface area (Å²) in [6.07, 6.45) is 4.60. The van der Waals surface area contributed by atoms with Gasteiger partial charge in [-0.05, 0) is 54.5 Å². The number of para-hydroxylation sites is 1. The van der Waals surface area contributed by atoms with Gasteiger partial charge in [0.1, 0.15) is 5.75 Å². The number of rotatable bonds is 13. The van der Waals surface area contributed by atoms with E-state index in [9.17, 15) is 14.7 Å². The summed E-state index contributed by atoms with van der Waals surface area (Å²) < 4.78 is 16.9. The monoisotopic (exact) mass is 552 g/mol. The number of carbonyl (C=O) groups is 2. The van der Waals surface area contributed by atoms with Gasteiger partial charge in [0.25, 0.3) is 5.91 Å². The number of fused-ring (bicyclic) bond motifs is 2. The lowest BCUT2D eigenvalue weighted by Crippen LogP contribution is -2.44. The van der Waals surface area contributed by atoms with Crippen LogP contribution in [0.3, 0.4) is 0 Å². The molecule has 216 valence electrons. The number of hydrogen-bond acceptors (Lipinski definition) is 7. The van der Waals surface area contributed by atoms with Crippen LogP contribution in [0.2, 0.25) is 0 Å². The number of carboxylic acids is 1. The number of carboxylic acid groups (broad SMARTS) is 1. The molecule has 0 aliphatic carbocycles. The van der Waals surface area contributed by atoms with Crippen LogP contribution >= 0.6 is 0 Å². The van der Waals surface area contributed by atoms with E-state index in [1.807, 2.05) is 37.3 Å². The maximum atomic E-state index is 13.5. The number of hydroxylamine groups is 2. The van der Waals surface area contributed by atoms with Gasteiger partial charge in [-0.2, -0.15) is 0 Å². The van der Waals surface area contributed by atoms with Gasteiger partial charge in [-0.25, -0.2) is 5.06 Å². The molecular formula is C31H40N2O7. The Kier molecular flexibility index (Phi) is 9.11. The van der Waals surface area contributed by atoms with E-state index in [0.717, 1.165) is 53.9 Å². The normalized spacial score (nSPS) is 21.3. The first-order chi connectivity index (χ1) is 19.5. The van der Waals surface area contributed by atoms with Crippen molar-refractivity contribution in [2.75, 3.05) is 39.6 Å². The van der Waals surface area contributed by atoms with Crippen LogP contribution in [0.15, 0.2) is 36.4 Å². The van der Waals surface area contributed by atoms with Crippen molar-refractivity contribution in [1.82, 2.24) is 9.96 Å². The third-order valence-electron chi connectivity index (χ3n) is 8.15. The predicted molar refractivity (Wildman–Crippen MR) is 149 cm³/mol. The molecule has 2 aromatic carbocycles. The first-order valence-electron chi connectivity index (χ1n) is 14.5. The Morgan fingerprint density at radius 1 is 1.10 bits per heavy atom. The van der Waals surface area contributed by atoms with E-state index in [4.69, 9.17) is 19.0 Å². The summed E-state index contributed by atoms with van der Waals surface area (Å²) in [7, 11) is 0. The van der Waals surface area contributed by atoms with Crippen molar-refractivity contribution in [3.8, 4) is 17.2 Å². The van der Waals surface area contributed by atoms with Gasteiger partial charge in [0.15, 0.2) is 11.5 Å². The number of amides is 1. The Morgan fingerprint density at radius 2 is 1.98 bits per heavy atom. The molecule has 40 heavy (non-hydrogen) atoms. The van der Waals surface area contributed by atoms with Crippen molar-refractivity contribution < 1.29 is 33.7 Å². The Balaban J connectivity index is 1.41. The van der Waals surface area contributed by atoms with E-state index in [1.165, 1.54) is 5.06 Å². The molecule has 3 aliphatic heterocycles. The van der Waals surface area contributed by atoms with E-state index < -0.39 is 11.9 Å². The van der Waals surface area contributed by atoms with Crippen LogP contribution in [-0.2, 0) is 27.3 Å². The van der Waals surface area contributed by atoms with E-state index in [0.29, 0.717) is 44.9 Å². The molecule has 9 nitrogen and oxygen atoms in total. The zero-order valence-corrected chi connectivity index (χ0v) is 23.5. The van der Waals surface area contributed by atoms with Crippen molar-refractivity contribution in [2.45, 2.75) is 64.3 Å². The topological polar surface area (TPSA) is 97.8 Å². The zero-order chi connectivity index (χ0) is 28.1. The molecule has 1 fully saturated rings. The van der Waals surface area contributed by atoms with Gasteiger partial charge in [0.05, 0.1) is 25.7 Å². The number of aryl methyl sites for hydroxylation is 1. The number of unbranched alkanes of at least 4 members (excludes halogenated alkanes) is 1. The van der Waals surface area contributed by atoms with Crippen LogP contribution in [0.25, 0.3) is 0 Å². The number of nitrogens with zero attached hydrogens (tertiary/aromatic N) is 2. The summed E-state index contributed by atoms with van der Waals surface area (Å²) in [5.41, 5.74) is 3.09. The average Bonchev–Trinajstić information content (AvgIpc) is 3.70. The third-order valence-corrected chi connectivity index (χ3v) is 8.15. The molecule has 0 spiro atoms. The van der Waals surface area contributed by atoms with Crippen LogP contribution in [0.5, 0.6) is 17.2 Å². The van der Waals surface area contributed by atoms with Crippen molar-refractivity contribution in [1.29, 1.82) is 0 Å². The third kappa shape index (κ3) is 6.05. The molecule has 0 radical (unpaired) electrons. The molecule has 0 aromatic heterocycles. The Labute approximate surface area is 235 Å². The van der Waals surface area contributed by atoms with Gasteiger partial charge < -0.3 is 19.3 Å². The standard InChI is InChI=1S/C31H40N2O7/c1-3-5-14-33(40-15-4-2)28(34)19-32-18-24(22-10-12-26-23(17-22)13-16-37-26)29(31(35)36)25(32)11-9-21-7-6-8-27-30(21)39-20-38-27/h6-8,10,12,17,24-25,29H,3-5,9,11,13-16,18-20H2,1-2H3,(H,35,36)/t24-,25+,29-/m1/s1. The van der Waals surface area contributed by atoms with E-state index in [1.54, 1.807) is 0 Å². The summed E-state index contributed by atoms with van der Waals surface area (Å²) in [6, 6.07) is 11.5. The molecule has 1 N–H and O–H groups in total. The minimum atomic E-state index is -0.843. The van der Waals surface area contributed by atoms with Gasteiger partial charge in [0, 0.05) is 31.5 Å². The SMILES string of the molecule is CCCCN(OCCC)C(=O)CN1C[C@H](c2ccc3c(c2)CCO3)[C@@H](C(=O)O)[C@@H]1CCc1cccc2c1OCO2. The molecule has 1 amide bonds. The number of likely N-dealkylation sites (tertiary alicyclic amines) is 1. The van der Waals surface area contributed by atoms with Crippen LogP contribution in [-0.4, -0.2) is 72.6 Å². The van der Waals surface area contributed by atoms with E-state index in [2.05, 4.69) is 17.9 Å². The second kappa shape index (κ2) is 12.9. The Morgan fingerprint density at radius 3 is 2.77 bits per heavy atom.